The molecule has 1 aromatic carbocycles. The van der Waals surface area contributed by atoms with E-state index in [9.17, 15) is 4.79 Å². The normalized spacial score (nSPS) is 20.5. The van der Waals surface area contributed by atoms with Crippen molar-refractivity contribution in [3.8, 4) is 5.75 Å². The number of benzene rings is 1. The Morgan fingerprint density at radius 3 is 3.00 bits per heavy atom. The summed E-state index contributed by atoms with van der Waals surface area (Å²) in [5, 5.41) is 0. The van der Waals surface area contributed by atoms with E-state index in [4.69, 9.17) is 4.74 Å². The molecule has 0 bridgehead atoms. The van der Waals surface area contributed by atoms with Crippen LogP contribution in [0.3, 0.4) is 0 Å². The van der Waals surface area contributed by atoms with Crippen LogP contribution >= 0.6 is 0 Å². The average Bonchev–Trinajstić information content (AvgIpc) is 2.78. The number of hydrogen-bond acceptors (Lipinski definition) is 3. The molecule has 0 radical (unpaired) electrons. The highest BCUT2D eigenvalue weighted by molar-refractivity contribution is 5.78. The molecule has 0 N–H and O–H groups in total. The van der Waals surface area contributed by atoms with E-state index in [1.54, 1.807) is 14.0 Å². The molecule has 0 amide bonds. The van der Waals surface area contributed by atoms with Gasteiger partial charge >= 0.3 is 0 Å². The lowest BCUT2D eigenvalue weighted by Crippen LogP contribution is -2.22. The molecule has 0 spiro atoms. The van der Waals surface area contributed by atoms with Crippen molar-refractivity contribution in [2.24, 2.45) is 5.92 Å². The summed E-state index contributed by atoms with van der Waals surface area (Å²) >= 11 is 0. The molecule has 1 aromatic rings. The maximum atomic E-state index is 11.3. The first-order valence-electron chi connectivity index (χ1n) is 6.05. The highest BCUT2D eigenvalue weighted by Gasteiger charge is 2.25. The number of likely N-dealkylation sites (tertiary alicyclic amines) is 1. The quantitative estimate of drug-likeness (QED) is 0.797. The van der Waals surface area contributed by atoms with Crippen molar-refractivity contribution in [1.82, 2.24) is 4.90 Å². The van der Waals surface area contributed by atoms with Crippen molar-refractivity contribution in [1.29, 1.82) is 0 Å². The Morgan fingerprint density at radius 2 is 2.35 bits per heavy atom. The van der Waals surface area contributed by atoms with Crippen LogP contribution in [0.25, 0.3) is 0 Å². The molecule has 1 aliphatic rings. The molecule has 3 nitrogen and oxygen atoms in total. The fourth-order valence-electron chi connectivity index (χ4n) is 2.34. The zero-order valence-electron chi connectivity index (χ0n) is 10.5. The third kappa shape index (κ3) is 3.07. The monoisotopic (exact) mass is 233 g/mol. The number of nitrogens with zero attached hydrogens (tertiary/aromatic N) is 1. The van der Waals surface area contributed by atoms with Crippen LogP contribution in [0.5, 0.6) is 5.75 Å². The summed E-state index contributed by atoms with van der Waals surface area (Å²) in [5.41, 5.74) is 1.24. The van der Waals surface area contributed by atoms with E-state index in [0.29, 0.717) is 5.78 Å². The zero-order valence-corrected chi connectivity index (χ0v) is 10.5. The Hall–Kier alpha value is -1.35. The molecule has 3 heteroatoms. The molecule has 0 aromatic heterocycles. The van der Waals surface area contributed by atoms with Crippen LogP contribution in [0.2, 0.25) is 0 Å². The molecular weight excluding hydrogens is 214 g/mol. The minimum Gasteiger partial charge on any atom is -0.497 e. The second kappa shape index (κ2) is 5.32. The maximum Gasteiger partial charge on any atom is 0.134 e. The number of rotatable bonds is 4. The molecule has 17 heavy (non-hydrogen) atoms. The van der Waals surface area contributed by atoms with Gasteiger partial charge in [0.1, 0.15) is 11.5 Å². The van der Waals surface area contributed by atoms with Gasteiger partial charge in [-0.25, -0.2) is 0 Å². The maximum absolute atomic E-state index is 11.3. The number of ether oxygens (including phenoxy) is 1. The summed E-state index contributed by atoms with van der Waals surface area (Å²) in [4.78, 5) is 13.6. The number of ketones is 1. The highest BCUT2D eigenvalue weighted by Crippen LogP contribution is 2.21. The molecule has 0 aliphatic carbocycles. The Morgan fingerprint density at radius 1 is 1.53 bits per heavy atom. The van der Waals surface area contributed by atoms with Gasteiger partial charge in [0.05, 0.1) is 7.11 Å². The Kier molecular flexibility index (Phi) is 3.79. The average molecular weight is 233 g/mol. The summed E-state index contributed by atoms with van der Waals surface area (Å²) in [5.74, 6) is 1.45. The van der Waals surface area contributed by atoms with E-state index in [0.717, 1.165) is 31.8 Å². The molecule has 1 saturated heterocycles. The van der Waals surface area contributed by atoms with Gasteiger partial charge in [-0.15, -0.1) is 0 Å². The van der Waals surface area contributed by atoms with Crippen LogP contribution in [0, 0.1) is 5.92 Å². The fraction of sp³-hybridized carbons (Fsp3) is 0.500. The number of Topliss-reactive ketones (excluding diaryl/α,β-unsaturated/α-hetero) is 1. The van der Waals surface area contributed by atoms with Crippen LogP contribution in [-0.4, -0.2) is 30.9 Å². The van der Waals surface area contributed by atoms with Gasteiger partial charge in [-0.2, -0.15) is 0 Å². The largest absolute Gasteiger partial charge is 0.497 e. The van der Waals surface area contributed by atoms with Crippen molar-refractivity contribution >= 4 is 5.78 Å². The lowest BCUT2D eigenvalue weighted by atomic mass is 10.1. The molecule has 2 rings (SSSR count). The van der Waals surface area contributed by atoms with Gasteiger partial charge in [-0.05, 0) is 37.6 Å². The van der Waals surface area contributed by atoms with E-state index in [1.807, 2.05) is 12.1 Å². The number of methoxy groups -OCH3 is 1. The molecule has 1 heterocycles. The second-order valence-corrected chi connectivity index (χ2v) is 4.68. The van der Waals surface area contributed by atoms with Crippen LogP contribution in [-0.2, 0) is 11.3 Å². The molecular formula is C14H19NO2. The van der Waals surface area contributed by atoms with E-state index >= 15 is 0 Å². The topological polar surface area (TPSA) is 29.5 Å². The van der Waals surface area contributed by atoms with Gasteiger partial charge in [-0.3, -0.25) is 9.69 Å². The van der Waals surface area contributed by atoms with Gasteiger partial charge < -0.3 is 4.74 Å². The summed E-state index contributed by atoms with van der Waals surface area (Å²) in [7, 11) is 1.68. The first kappa shape index (κ1) is 12.1. The Balaban J connectivity index is 1.95. The standard InChI is InChI=1S/C14H19NO2/c1-11(16)13-6-7-15(10-13)9-12-4-3-5-14(8-12)17-2/h3-5,8,13H,6-7,9-10H2,1-2H3. The number of carbonyl (C=O) groups excluding carboxylic acids is 1. The van der Waals surface area contributed by atoms with Crippen molar-refractivity contribution in [3.05, 3.63) is 29.8 Å². The van der Waals surface area contributed by atoms with Crippen molar-refractivity contribution in [3.63, 3.8) is 0 Å². The predicted molar refractivity (Wildman–Crippen MR) is 67.1 cm³/mol. The van der Waals surface area contributed by atoms with E-state index in [-0.39, 0.29) is 5.92 Å². The summed E-state index contributed by atoms with van der Waals surface area (Å²) in [6.45, 7) is 4.51. The van der Waals surface area contributed by atoms with Crippen LogP contribution in [0.1, 0.15) is 18.9 Å². The molecule has 1 fully saturated rings. The molecule has 92 valence electrons. The summed E-state index contributed by atoms with van der Waals surface area (Å²) in [6.07, 6.45) is 0.999. The highest BCUT2D eigenvalue weighted by atomic mass is 16.5. The summed E-state index contributed by atoms with van der Waals surface area (Å²) in [6, 6.07) is 8.11. The molecule has 1 unspecified atom stereocenters. The second-order valence-electron chi connectivity index (χ2n) is 4.68. The molecule has 1 aliphatic heterocycles. The van der Waals surface area contributed by atoms with Gasteiger partial charge in [0.25, 0.3) is 0 Å². The lowest BCUT2D eigenvalue weighted by molar-refractivity contribution is -0.120. The first-order chi connectivity index (χ1) is 8.19. The van der Waals surface area contributed by atoms with Crippen LogP contribution in [0.15, 0.2) is 24.3 Å². The first-order valence-corrected chi connectivity index (χ1v) is 6.05. The molecule has 1 atom stereocenters. The third-order valence-corrected chi connectivity index (χ3v) is 3.39. The SMILES string of the molecule is COc1cccc(CN2CCC(C(C)=O)C2)c1. The summed E-state index contributed by atoms with van der Waals surface area (Å²) < 4.78 is 5.21. The van der Waals surface area contributed by atoms with Crippen LogP contribution < -0.4 is 4.74 Å². The fourth-order valence-corrected chi connectivity index (χ4v) is 2.34. The minimum atomic E-state index is 0.237. The van der Waals surface area contributed by atoms with E-state index < -0.39 is 0 Å². The van der Waals surface area contributed by atoms with Gasteiger partial charge in [0, 0.05) is 19.0 Å². The van der Waals surface area contributed by atoms with Crippen LogP contribution in [0.4, 0.5) is 0 Å². The van der Waals surface area contributed by atoms with E-state index in [2.05, 4.69) is 17.0 Å². The third-order valence-electron chi connectivity index (χ3n) is 3.39. The van der Waals surface area contributed by atoms with E-state index in [1.165, 1.54) is 5.56 Å². The minimum absolute atomic E-state index is 0.237. The smallest absolute Gasteiger partial charge is 0.134 e. The molecule has 0 saturated carbocycles. The number of hydrogen-bond donors (Lipinski definition) is 0. The van der Waals surface area contributed by atoms with Gasteiger partial charge in [0.15, 0.2) is 0 Å². The Bertz CT molecular complexity index is 403. The predicted octanol–water partition coefficient (Wildman–Crippen LogP) is 2.11. The van der Waals surface area contributed by atoms with Gasteiger partial charge in [0.2, 0.25) is 0 Å². The van der Waals surface area contributed by atoms with Crippen molar-refractivity contribution in [2.45, 2.75) is 19.9 Å². The van der Waals surface area contributed by atoms with Crippen molar-refractivity contribution < 1.29 is 9.53 Å². The number of carbonyl (C=O) groups is 1. The lowest BCUT2D eigenvalue weighted by Gasteiger charge is -2.15. The van der Waals surface area contributed by atoms with Gasteiger partial charge in [-0.1, -0.05) is 12.1 Å². The Labute approximate surface area is 102 Å². The van der Waals surface area contributed by atoms with Crippen molar-refractivity contribution in [2.75, 3.05) is 20.2 Å². The zero-order chi connectivity index (χ0) is 12.3.